The van der Waals surface area contributed by atoms with E-state index in [2.05, 4.69) is 0 Å². The summed E-state index contributed by atoms with van der Waals surface area (Å²) in [5.41, 5.74) is 5.93. The lowest BCUT2D eigenvalue weighted by molar-refractivity contribution is 0.414. The van der Waals surface area contributed by atoms with Crippen molar-refractivity contribution in [2.75, 3.05) is 7.11 Å². The molecule has 1 aliphatic rings. The maximum absolute atomic E-state index is 12.4. The van der Waals surface area contributed by atoms with Crippen LogP contribution in [0.5, 0.6) is 5.75 Å². The van der Waals surface area contributed by atoms with Crippen LogP contribution in [0.3, 0.4) is 0 Å². The Morgan fingerprint density at radius 2 is 2.00 bits per heavy atom. The first-order valence-electron chi connectivity index (χ1n) is 6.01. The van der Waals surface area contributed by atoms with Crippen LogP contribution in [0.25, 0.3) is 0 Å². The van der Waals surface area contributed by atoms with Gasteiger partial charge in [0, 0.05) is 16.2 Å². The standard InChI is InChI=1S/C13H19NO2S/c1-16-11-5-7-12(8-6-11)17(15)13-4-2-3-10(14)9-13/h5-8,10,13H,2-4,9,14H2,1H3. The van der Waals surface area contributed by atoms with E-state index in [1.807, 2.05) is 24.3 Å². The zero-order chi connectivity index (χ0) is 12.3. The molecule has 0 heterocycles. The quantitative estimate of drug-likeness (QED) is 0.897. The van der Waals surface area contributed by atoms with Gasteiger partial charge in [0.1, 0.15) is 5.75 Å². The van der Waals surface area contributed by atoms with Gasteiger partial charge in [-0.25, -0.2) is 0 Å². The van der Waals surface area contributed by atoms with E-state index in [9.17, 15) is 4.21 Å². The largest absolute Gasteiger partial charge is 0.497 e. The molecule has 1 aliphatic carbocycles. The van der Waals surface area contributed by atoms with Gasteiger partial charge in [-0.05, 0) is 43.5 Å². The number of methoxy groups -OCH3 is 1. The van der Waals surface area contributed by atoms with Crippen LogP contribution >= 0.6 is 0 Å². The lowest BCUT2D eigenvalue weighted by atomic mass is 9.96. The number of rotatable bonds is 3. The van der Waals surface area contributed by atoms with Crippen molar-refractivity contribution in [3.63, 3.8) is 0 Å². The average Bonchev–Trinajstić information content (AvgIpc) is 2.38. The summed E-state index contributed by atoms with van der Waals surface area (Å²) in [5, 5.41) is 0.215. The van der Waals surface area contributed by atoms with Gasteiger partial charge in [0.2, 0.25) is 0 Å². The van der Waals surface area contributed by atoms with Crippen LogP contribution in [0.4, 0.5) is 0 Å². The van der Waals surface area contributed by atoms with Crippen molar-refractivity contribution in [3.8, 4) is 5.75 Å². The van der Waals surface area contributed by atoms with E-state index >= 15 is 0 Å². The Labute approximate surface area is 105 Å². The van der Waals surface area contributed by atoms with Crippen molar-refractivity contribution in [2.24, 2.45) is 5.73 Å². The van der Waals surface area contributed by atoms with Gasteiger partial charge in [0.15, 0.2) is 0 Å². The summed E-state index contributed by atoms with van der Waals surface area (Å²) in [6, 6.07) is 7.70. The minimum absolute atomic E-state index is 0.215. The van der Waals surface area contributed by atoms with Crippen LogP contribution in [0.1, 0.15) is 25.7 Å². The Bertz CT molecular complexity index is 391. The Morgan fingerprint density at radius 1 is 1.29 bits per heavy atom. The van der Waals surface area contributed by atoms with E-state index < -0.39 is 10.8 Å². The molecule has 0 aliphatic heterocycles. The van der Waals surface area contributed by atoms with Crippen molar-refractivity contribution in [1.29, 1.82) is 0 Å². The number of ether oxygens (including phenoxy) is 1. The molecule has 3 nitrogen and oxygen atoms in total. The van der Waals surface area contributed by atoms with Gasteiger partial charge < -0.3 is 10.5 Å². The zero-order valence-corrected chi connectivity index (χ0v) is 10.9. The molecule has 0 radical (unpaired) electrons. The predicted octanol–water partition coefficient (Wildman–Crippen LogP) is 2.07. The molecule has 3 atom stereocenters. The first kappa shape index (κ1) is 12.6. The summed E-state index contributed by atoms with van der Waals surface area (Å²) in [7, 11) is 0.695. The summed E-state index contributed by atoms with van der Waals surface area (Å²) in [5.74, 6) is 0.797. The van der Waals surface area contributed by atoms with Crippen molar-refractivity contribution < 1.29 is 8.95 Å². The number of hydrogen-bond donors (Lipinski definition) is 1. The molecule has 1 aromatic rings. The molecule has 17 heavy (non-hydrogen) atoms. The van der Waals surface area contributed by atoms with E-state index in [4.69, 9.17) is 10.5 Å². The molecule has 2 N–H and O–H groups in total. The molecular formula is C13H19NO2S. The highest BCUT2D eigenvalue weighted by Crippen LogP contribution is 2.26. The Balaban J connectivity index is 2.07. The molecule has 0 bridgehead atoms. The summed E-state index contributed by atoms with van der Waals surface area (Å²) in [6.07, 6.45) is 4.05. The number of nitrogens with two attached hydrogens (primary N) is 1. The molecule has 0 amide bonds. The Morgan fingerprint density at radius 3 is 2.59 bits per heavy atom. The second-order valence-electron chi connectivity index (χ2n) is 4.52. The van der Waals surface area contributed by atoms with Gasteiger partial charge in [0.25, 0.3) is 0 Å². The summed E-state index contributed by atoms with van der Waals surface area (Å²) in [4.78, 5) is 0.880. The fourth-order valence-corrected chi connectivity index (χ4v) is 3.87. The third-order valence-electron chi connectivity index (χ3n) is 3.26. The van der Waals surface area contributed by atoms with Crippen molar-refractivity contribution in [1.82, 2.24) is 0 Å². The highest BCUT2D eigenvalue weighted by molar-refractivity contribution is 7.85. The number of benzene rings is 1. The number of hydrogen-bond acceptors (Lipinski definition) is 3. The molecule has 1 saturated carbocycles. The van der Waals surface area contributed by atoms with Crippen LogP contribution in [0.2, 0.25) is 0 Å². The minimum Gasteiger partial charge on any atom is -0.497 e. The molecule has 1 fully saturated rings. The average molecular weight is 253 g/mol. The Hall–Kier alpha value is -0.870. The van der Waals surface area contributed by atoms with Gasteiger partial charge in [-0.15, -0.1) is 0 Å². The smallest absolute Gasteiger partial charge is 0.118 e. The lowest BCUT2D eigenvalue weighted by Crippen LogP contribution is -2.33. The normalized spacial score (nSPS) is 26.5. The molecular weight excluding hydrogens is 234 g/mol. The molecule has 0 aromatic heterocycles. The fourth-order valence-electron chi connectivity index (χ4n) is 2.28. The van der Waals surface area contributed by atoms with E-state index in [0.717, 1.165) is 36.3 Å². The maximum Gasteiger partial charge on any atom is 0.118 e. The first-order chi connectivity index (χ1) is 8.20. The van der Waals surface area contributed by atoms with Crippen molar-refractivity contribution in [3.05, 3.63) is 24.3 Å². The van der Waals surface area contributed by atoms with E-state index in [1.165, 1.54) is 0 Å². The highest BCUT2D eigenvalue weighted by atomic mass is 32.2. The van der Waals surface area contributed by atoms with E-state index in [-0.39, 0.29) is 11.3 Å². The lowest BCUT2D eigenvalue weighted by Gasteiger charge is -2.25. The van der Waals surface area contributed by atoms with Crippen LogP contribution in [0, 0.1) is 0 Å². The van der Waals surface area contributed by atoms with Gasteiger partial charge in [-0.3, -0.25) is 4.21 Å². The fraction of sp³-hybridized carbons (Fsp3) is 0.538. The topological polar surface area (TPSA) is 52.3 Å². The minimum atomic E-state index is -0.936. The third-order valence-corrected chi connectivity index (χ3v) is 5.03. The van der Waals surface area contributed by atoms with Crippen LogP contribution in [-0.2, 0) is 10.8 Å². The van der Waals surface area contributed by atoms with Gasteiger partial charge in [0.05, 0.1) is 17.9 Å². The highest BCUT2D eigenvalue weighted by Gasteiger charge is 2.25. The SMILES string of the molecule is COc1ccc(S(=O)C2CCCC(N)C2)cc1. The molecule has 94 valence electrons. The molecule has 3 unspecified atom stereocenters. The second kappa shape index (κ2) is 5.65. The molecule has 1 aromatic carbocycles. The monoisotopic (exact) mass is 253 g/mol. The first-order valence-corrected chi connectivity index (χ1v) is 7.22. The van der Waals surface area contributed by atoms with Crippen molar-refractivity contribution in [2.45, 2.75) is 41.9 Å². The third kappa shape index (κ3) is 3.07. The van der Waals surface area contributed by atoms with Gasteiger partial charge in [-0.1, -0.05) is 6.42 Å². The van der Waals surface area contributed by atoms with Crippen LogP contribution in [-0.4, -0.2) is 22.6 Å². The van der Waals surface area contributed by atoms with E-state index in [1.54, 1.807) is 7.11 Å². The summed E-state index contributed by atoms with van der Waals surface area (Å²) in [6.45, 7) is 0. The summed E-state index contributed by atoms with van der Waals surface area (Å²) >= 11 is 0. The predicted molar refractivity (Wildman–Crippen MR) is 69.6 cm³/mol. The molecule has 4 heteroatoms. The van der Waals surface area contributed by atoms with Gasteiger partial charge >= 0.3 is 0 Å². The maximum atomic E-state index is 12.4. The molecule has 0 spiro atoms. The van der Waals surface area contributed by atoms with E-state index in [0.29, 0.717) is 0 Å². The van der Waals surface area contributed by atoms with Crippen LogP contribution < -0.4 is 10.5 Å². The van der Waals surface area contributed by atoms with Gasteiger partial charge in [-0.2, -0.15) is 0 Å². The van der Waals surface area contributed by atoms with Crippen molar-refractivity contribution >= 4 is 10.8 Å². The zero-order valence-electron chi connectivity index (χ0n) is 10.1. The Kier molecular flexibility index (Phi) is 4.18. The molecule has 0 saturated heterocycles. The van der Waals surface area contributed by atoms with Crippen LogP contribution in [0.15, 0.2) is 29.2 Å². The summed E-state index contributed by atoms with van der Waals surface area (Å²) < 4.78 is 17.5. The molecule has 2 rings (SSSR count). The second-order valence-corrected chi connectivity index (χ2v) is 6.25.